The van der Waals surface area contributed by atoms with Crippen molar-refractivity contribution >= 4 is 23.0 Å². The van der Waals surface area contributed by atoms with Crippen molar-refractivity contribution in [2.45, 2.75) is 59.4 Å². The molecule has 0 aliphatic heterocycles. The van der Waals surface area contributed by atoms with Crippen LogP contribution in [0, 0.1) is 0 Å². The van der Waals surface area contributed by atoms with Gasteiger partial charge < -0.3 is 10.6 Å². The van der Waals surface area contributed by atoms with Crippen LogP contribution in [0.1, 0.15) is 56.9 Å². The molecule has 2 aromatic rings. The van der Waals surface area contributed by atoms with Crippen LogP contribution >= 0.6 is 12.2 Å². The van der Waals surface area contributed by atoms with Crippen LogP contribution in [-0.4, -0.2) is 10.7 Å². The summed E-state index contributed by atoms with van der Waals surface area (Å²) in [5.74, 6) is 0. The van der Waals surface area contributed by atoms with Gasteiger partial charge in [0.05, 0.1) is 0 Å². The molecule has 0 bridgehead atoms. The van der Waals surface area contributed by atoms with Gasteiger partial charge >= 0.3 is 0 Å². The maximum atomic E-state index is 5.48. The van der Waals surface area contributed by atoms with Gasteiger partial charge in [-0.25, -0.2) is 0 Å². The normalized spacial score (nSPS) is 11.2. The first kappa shape index (κ1) is 19.5. The van der Waals surface area contributed by atoms with Crippen LogP contribution in [0.3, 0.4) is 0 Å². The van der Waals surface area contributed by atoms with E-state index in [1.807, 2.05) is 0 Å². The summed E-state index contributed by atoms with van der Waals surface area (Å²) >= 11 is 5.48. The zero-order valence-electron chi connectivity index (χ0n) is 16.1. The molecule has 0 unspecified atom stereocenters. The van der Waals surface area contributed by atoms with Gasteiger partial charge in [-0.05, 0) is 74.2 Å². The highest BCUT2D eigenvalue weighted by Gasteiger charge is 2.13. The molecule has 0 heterocycles. The molecule has 3 heteroatoms. The van der Waals surface area contributed by atoms with Gasteiger partial charge in [-0.1, -0.05) is 50.2 Å². The summed E-state index contributed by atoms with van der Waals surface area (Å²) in [6.07, 6.45) is 3.04. The molecule has 2 aromatic carbocycles. The fraction of sp³-hybridized carbons (Fsp3) is 0.409. The highest BCUT2D eigenvalue weighted by Crippen LogP contribution is 2.25. The first-order valence-electron chi connectivity index (χ1n) is 9.10. The van der Waals surface area contributed by atoms with Crippen LogP contribution in [0.15, 0.2) is 42.5 Å². The van der Waals surface area contributed by atoms with E-state index in [1.54, 1.807) is 0 Å². The lowest BCUT2D eigenvalue weighted by Gasteiger charge is -2.24. The Labute approximate surface area is 158 Å². The third-order valence-corrected chi connectivity index (χ3v) is 4.46. The van der Waals surface area contributed by atoms with Crippen molar-refractivity contribution in [3.63, 3.8) is 0 Å². The van der Waals surface area contributed by atoms with Gasteiger partial charge in [0.2, 0.25) is 0 Å². The zero-order valence-corrected chi connectivity index (χ0v) is 16.9. The van der Waals surface area contributed by atoms with Crippen molar-refractivity contribution in [1.29, 1.82) is 0 Å². The molecular formula is C22H30N2S. The van der Waals surface area contributed by atoms with E-state index in [2.05, 4.69) is 87.7 Å². The molecule has 134 valence electrons. The van der Waals surface area contributed by atoms with E-state index in [0.29, 0.717) is 5.11 Å². The number of hydrogen-bond acceptors (Lipinski definition) is 1. The predicted octanol–water partition coefficient (Wildman–Crippen LogP) is 5.49. The number of anilines is 1. The third kappa shape index (κ3) is 5.57. The molecule has 0 aliphatic rings. The molecule has 2 rings (SSSR count). The Morgan fingerprint density at radius 1 is 0.880 bits per heavy atom. The second kappa shape index (κ2) is 8.48. The van der Waals surface area contributed by atoms with Crippen LogP contribution in [0.5, 0.6) is 0 Å². The average Bonchev–Trinajstić information content (AvgIpc) is 2.55. The number of thiocarbonyl (C=S) groups is 1. The van der Waals surface area contributed by atoms with Gasteiger partial charge in [0.1, 0.15) is 0 Å². The van der Waals surface area contributed by atoms with Crippen LogP contribution < -0.4 is 10.6 Å². The molecule has 0 atom stereocenters. The smallest absolute Gasteiger partial charge is 0.171 e. The second-order valence-electron chi connectivity index (χ2n) is 7.42. The molecule has 0 amide bonds. The van der Waals surface area contributed by atoms with E-state index in [9.17, 15) is 0 Å². The lowest BCUT2D eigenvalue weighted by molar-refractivity contribution is 0.515. The fourth-order valence-corrected chi connectivity index (χ4v) is 3.47. The fourth-order valence-electron chi connectivity index (χ4n) is 3.06. The topological polar surface area (TPSA) is 24.1 Å². The number of benzene rings is 2. The van der Waals surface area contributed by atoms with Crippen molar-refractivity contribution in [3.8, 4) is 0 Å². The first-order chi connectivity index (χ1) is 11.8. The Bertz CT molecular complexity index is 707. The molecule has 0 radical (unpaired) electrons. The van der Waals surface area contributed by atoms with Crippen LogP contribution in [0.4, 0.5) is 5.69 Å². The predicted molar refractivity (Wildman–Crippen MR) is 114 cm³/mol. The third-order valence-electron chi connectivity index (χ3n) is 4.25. The van der Waals surface area contributed by atoms with Crippen molar-refractivity contribution in [3.05, 3.63) is 64.7 Å². The highest BCUT2D eigenvalue weighted by molar-refractivity contribution is 7.80. The van der Waals surface area contributed by atoms with Crippen LogP contribution in [0.2, 0.25) is 0 Å². The second-order valence-corrected chi connectivity index (χ2v) is 7.83. The van der Waals surface area contributed by atoms with Gasteiger partial charge in [-0.3, -0.25) is 0 Å². The number of aryl methyl sites for hydroxylation is 2. The van der Waals surface area contributed by atoms with Crippen molar-refractivity contribution in [2.75, 3.05) is 5.32 Å². The van der Waals surface area contributed by atoms with E-state index in [0.717, 1.165) is 24.9 Å². The molecule has 0 spiro atoms. The van der Waals surface area contributed by atoms with E-state index in [1.165, 1.54) is 22.3 Å². The number of rotatable bonds is 5. The minimum atomic E-state index is -0.0524. The van der Waals surface area contributed by atoms with E-state index in [-0.39, 0.29) is 5.54 Å². The summed E-state index contributed by atoms with van der Waals surface area (Å²) in [5, 5.41) is 7.37. The lowest BCUT2D eigenvalue weighted by Crippen LogP contribution is -2.43. The summed E-state index contributed by atoms with van der Waals surface area (Å²) in [6, 6.07) is 15.1. The van der Waals surface area contributed by atoms with Crippen molar-refractivity contribution < 1.29 is 0 Å². The van der Waals surface area contributed by atoms with Crippen molar-refractivity contribution in [2.24, 2.45) is 0 Å². The van der Waals surface area contributed by atoms with E-state index < -0.39 is 0 Å². The first-order valence-corrected chi connectivity index (χ1v) is 9.51. The summed E-state index contributed by atoms with van der Waals surface area (Å²) in [6.45, 7) is 10.8. The SMILES string of the molecule is CCc1cccc(CC)c1Cc1ccccc1NC(=S)NC(C)(C)C. The molecule has 0 aliphatic carbocycles. The number of hydrogen-bond donors (Lipinski definition) is 2. The monoisotopic (exact) mass is 354 g/mol. The van der Waals surface area contributed by atoms with Gasteiger partial charge in [0.25, 0.3) is 0 Å². The maximum Gasteiger partial charge on any atom is 0.171 e. The van der Waals surface area contributed by atoms with Crippen molar-refractivity contribution in [1.82, 2.24) is 5.32 Å². The van der Waals surface area contributed by atoms with Gasteiger partial charge in [0.15, 0.2) is 5.11 Å². The largest absolute Gasteiger partial charge is 0.358 e. The van der Waals surface area contributed by atoms with Gasteiger partial charge in [-0.2, -0.15) is 0 Å². The minimum Gasteiger partial charge on any atom is -0.358 e. The maximum absolute atomic E-state index is 5.48. The van der Waals surface area contributed by atoms with Crippen LogP contribution in [0.25, 0.3) is 0 Å². The minimum absolute atomic E-state index is 0.0524. The Hall–Kier alpha value is -1.87. The van der Waals surface area contributed by atoms with Crippen LogP contribution in [-0.2, 0) is 19.3 Å². The number of nitrogens with one attached hydrogen (secondary N) is 2. The summed E-state index contributed by atoms with van der Waals surface area (Å²) in [5.41, 5.74) is 6.63. The standard InChI is InChI=1S/C22H30N2S/c1-6-16-12-10-13-17(7-2)19(16)15-18-11-8-9-14-20(18)23-21(25)24-22(3,4)5/h8-14H,6-7,15H2,1-5H3,(H2,23,24,25). The summed E-state index contributed by atoms with van der Waals surface area (Å²) in [4.78, 5) is 0. The molecule has 0 fully saturated rings. The number of para-hydroxylation sites is 1. The molecule has 0 saturated heterocycles. The Kier molecular flexibility index (Phi) is 6.60. The Balaban J connectivity index is 2.29. The Morgan fingerprint density at radius 3 is 2.00 bits per heavy atom. The molecule has 25 heavy (non-hydrogen) atoms. The molecular weight excluding hydrogens is 324 g/mol. The van der Waals surface area contributed by atoms with Gasteiger partial charge in [-0.15, -0.1) is 0 Å². The summed E-state index contributed by atoms with van der Waals surface area (Å²) < 4.78 is 0. The Morgan fingerprint density at radius 2 is 1.44 bits per heavy atom. The van der Waals surface area contributed by atoms with E-state index >= 15 is 0 Å². The molecule has 2 nitrogen and oxygen atoms in total. The zero-order chi connectivity index (χ0) is 18.4. The molecule has 2 N–H and O–H groups in total. The van der Waals surface area contributed by atoms with Gasteiger partial charge in [0, 0.05) is 17.6 Å². The molecule has 0 saturated carbocycles. The summed E-state index contributed by atoms with van der Waals surface area (Å²) in [7, 11) is 0. The lowest BCUT2D eigenvalue weighted by atomic mass is 9.92. The quantitative estimate of drug-likeness (QED) is 0.695. The average molecular weight is 355 g/mol. The molecule has 0 aromatic heterocycles. The highest BCUT2D eigenvalue weighted by atomic mass is 32.1. The van der Waals surface area contributed by atoms with E-state index in [4.69, 9.17) is 12.2 Å².